The first-order chi connectivity index (χ1) is 21.8. The average molecular weight is 620 g/mol. The molecule has 4 fully saturated rings. The van der Waals surface area contributed by atoms with Crippen molar-refractivity contribution in [1.82, 2.24) is 20.0 Å². The van der Waals surface area contributed by atoms with Crippen LogP contribution in [0.15, 0.2) is 48.5 Å². The minimum absolute atomic E-state index is 0.0158. The van der Waals surface area contributed by atoms with Gasteiger partial charge >= 0.3 is 12.1 Å². The number of anilines is 1. The van der Waals surface area contributed by atoms with Gasteiger partial charge in [-0.15, -0.1) is 0 Å². The fourth-order valence-corrected chi connectivity index (χ4v) is 7.27. The third-order valence-corrected chi connectivity index (χ3v) is 10.2. The molecule has 2 aromatic carbocycles. The molecule has 3 aliphatic heterocycles. The Morgan fingerprint density at radius 1 is 0.867 bits per heavy atom. The number of nitrogens with one attached hydrogen (secondary N) is 1. The molecule has 1 spiro atoms. The Morgan fingerprint density at radius 3 is 2.27 bits per heavy atom. The normalized spacial score (nSPS) is 21.1. The van der Waals surface area contributed by atoms with Gasteiger partial charge in [0.1, 0.15) is 12.4 Å². The topological polar surface area (TPSA) is 103 Å². The Hall–Kier alpha value is -3.99. The summed E-state index contributed by atoms with van der Waals surface area (Å²) in [6, 6.07) is 13.2. The van der Waals surface area contributed by atoms with E-state index in [1.807, 2.05) is 40.1 Å². The number of urea groups is 1. The molecular formula is C34H42FN5O5. The third-order valence-electron chi connectivity index (χ3n) is 10.2. The van der Waals surface area contributed by atoms with Crippen molar-refractivity contribution in [3.63, 3.8) is 0 Å². The van der Waals surface area contributed by atoms with Gasteiger partial charge in [0.05, 0.1) is 5.69 Å². The van der Waals surface area contributed by atoms with E-state index in [0.717, 1.165) is 50.9 Å². The second-order valence-electron chi connectivity index (χ2n) is 13.0. The van der Waals surface area contributed by atoms with Crippen molar-refractivity contribution in [3.8, 4) is 0 Å². The smallest absolute Gasteiger partial charge is 0.410 e. The highest BCUT2D eigenvalue weighted by molar-refractivity contribution is 6.06. The van der Waals surface area contributed by atoms with E-state index in [-0.39, 0.29) is 36.1 Å². The van der Waals surface area contributed by atoms with Crippen LogP contribution in [0.25, 0.3) is 0 Å². The van der Waals surface area contributed by atoms with Crippen LogP contribution in [-0.2, 0) is 16.1 Å². The van der Waals surface area contributed by atoms with Crippen LogP contribution in [0.5, 0.6) is 0 Å². The Bertz CT molecular complexity index is 1390. The molecule has 4 aliphatic rings. The maximum Gasteiger partial charge on any atom is 0.410 e. The predicted molar refractivity (Wildman–Crippen MR) is 166 cm³/mol. The fraction of sp³-hybridized carbons (Fsp3) is 0.529. The van der Waals surface area contributed by atoms with Crippen LogP contribution < -0.4 is 10.2 Å². The van der Waals surface area contributed by atoms with Crippen LogP contribution >= 0.6 is 0 Å². The molecule has 3 saturated heterocycles. The predicted octanol–water partition coefficient (Wildman–Crippen LogP) is 4.64. The number of piperidine rings is 1. The summed E-state index contributed by atoms with van der Waals surface area (Å²) in [5.41, 5.74) is 1.62. The first-order valence-electron chi connectivity index (χ1n) is 16.2. The molecule has 2 aromatic rings. The first-order valence-corrected chi connectivity index (χ1v) is 16.2. The van der Waals surface area contributed by atoms with Crippen LogP contribution in [-0.4, -0.2) is 91.0 Å². The standard InChI is InChI=1S/C34H42FN5O5/c35-28-7-6-27(22-29(28)40-15-10-30(41)36-32(40)43)31(42)38-16-13-34(14-17-38)11-8-25(9-12-34)23-37-18-20-39(21-19-37)33(44)45-24-26-4-2-1-3-5-26/h1-7,22,25H,8-21,23-24H2,(H,36,41,43). The molecule has 11 heteroatoms. The molecule has 6 rings (SSSR count). The lowest BCUT2D eigenvalue weighted by molar-refractivity contribution is -0.120. The zero-order valence-corrected chi connectivity index (χ0v) is 25.7. The number of rotatable bonds is 6. The van der Waals surface area contributed by atoms with Gasteiger partial charge in [-0.25, -0.2) is 14.0 Å². The molecule has 3 heterocycles. The lowest BCUT2D eigenvalue weighted by Gasteiger charge is -2.47. The largest absolute Gasteiger partial charge is 0.445 e. The highest BCUT2D eigenvalue weighted by Gasteiger charge is 2.40. The zero-order valence-electron chi connectivity index (χ0n) is 25.7. The Labute approximate surface area is 263 Å². The third kappa shape index (κ3) is 7.30. The van der Waals surface area contributed by atoms with Crippen molar-refractivity contribution in [2.45, 2.75) is 51.6 Å². The monoisotopic (exact) mass is 619 g/mol. The maximum absolute atomic E-state index is 14.6. The summed E-state index contributed by atoms with van der Waals surface area (Å²) >= 11 is 0. The highest BCUT2D eigenvalue weighted by atomic mass is 19.1. The number of hydrogen-bond acceptors (Lipinski definition) is 6. The highest BCUT2D eigenvalue weighted by Crippen LogP contribution is 2.46. The summed E-state index contributed by atoms with van der Waals surface area (Å²) in [7, 11) is 0. The minimum Gasteiger partial charge on any atom is -0.445 e. The fourth-order valence-electron chi connectivity index (χ4n) is 7.27. The Kier molecular flexibility index (Phi) is 9.34. The van der Waals surface area contributed by atoms with Crippen molar-refractivity contribution >= 4 is 29.6 Å². The van der Waals surface area contributed by atoms with E-state index >= 15 is 0 Å². The van der Waals surface area contributed by atoms with Gasteiger partial charge in [-0.2, -0.15) is 0 Å². The van der Waals surface area contributed by atoms with E-state index in [9.17, 15) is 23.6 Å². The number of carbonyl (C=O) groups excluding carboxylic acids is 4. The second kappa shape index (κ2) is 13.6. The SMILES string of the molecule is O=C1CCN(c2cc(C(=O)N3CCC4(CCC(CN5CCN(C(=O)OCc6ccccc6)CC5)CC4)CC3)ccc2F)C(=O)N1. The van der Waals surface area contributed by atoms with Gasteiger partial charge in [0.25, 0.3) is 5.91 Å². The van der Waals surface area contributed by atoms with Crippen LogP contribution in [0, 0.1) is 17.2 Å². The number of benzene rings is 2. The van der Waals surface area contributed by atoms with Crippen molar-refractivity contribution in [2.75, 3.05) is 57.3 Å². The number of halogens is 1. The molecule has 1 saturated carbocycles. The van der Waals surface area contributed by atoms with Crippen LogP contribution in [0.3, 0.4) is 0 Å². The van der Waals surface area contributed by atoms with Gasteiger partial charge in [0.2, 0.25) is 5.91 Å². The lowest BCUT2D eigenvalue weighted by atomic mass is 9.65. The molecular weight excluding hydrogens is 577 g/mol. The molecule has 0 atom stereocenters. The van der Waals surface area contributed by atoms with Gasteiger partial charge in [-0.1, -0.05) is 30.3 Å². The van der Waals surface area contributed by atoms with Crippen LogP contribution in [0.1, 0.15) is 60.9 Å². The van der Waals surface area contributed by atoms with E-state index in [4.69, 9.17) is 4.74 Å². The van der Waals surface area contributed by atoms with Gasteiger partial charge in [-0.05, 0) is 73.6 Å². The van der Waals surface area contributed by atoms with E-state index in [1.165, 1.54) is 35.9 Å². The van der Waals surface area contributed by atoms with Crippen molar-refractivity contribution < 1.29 is 28.3 Å². The van der Waals surface area contributed by atoms with Crippen molar-refractivity contribution in [2.24, 2.45) is 11.3 Å². The number of nitrogens with zero attached hydrogens (tertiary/aromatic N) is 4. The number of hydrogen-bond donors (Lipinski definition) is 1. The average Bonchev–Trinajstić information content (AvgIpc) is 3.06. The van der Waals surface area contributed by atoms with Gasteiger partial charge in [-0.3, -0.25) is 24.7 Å². The molecule has 10 nitrogen and oxygen atoms in total. The summed E-state index contributed by atoms with van der Waals surface area (Å²) in [6.07, 6.45) is 6.43. The number of likely N-dealkylation sites (tertiary alicyclic amines) is 1. The van der Waals surface area contributed by atoms with Crippen molar-refractivity contribution in [3.05, 3.63) is 65.5 Å². The van der Waals surface area contributed by atoms with E-state index in [2.05, 4.69) is 10.2 Å². The summed E-state index contributed by atoms with van der Waals surface area (Å²) < 4.78 is 20.1. The van der Waals surface area contributed by atoms with Gasteiger partial charge < -0.3 is 14.5 Å². The molecule has 240 valence electrons. The Morgan fingerprint density at radius 2 is 1.58 bits per heavy atom. The molecule has 0 unspecified atom stereocenters. The maximum atomic E-state index is 14.6. The molecule has 0 aromatic heterocycles. The summed E-state index contributed by atoms with van der Waals surface area (Å²) in [5, 5.41) is 2.21. The number of imide groups is 1. The molecule has 1 N–H and O–H groups in total. The number of piperazine rings is 1. The summed E-state index contributed by atoms with van der Waals surface area (Å²) in [4.78, 5) is 57.0. The van der Waals surface area contributed by atoms with E-state index in [1.54, 1.807) is 0 Å². The Balaban J connectivity index is 0.931. The van der Waals surface area contributed by atoms with Crippen molar-refractivity contribution in [1.29, 1.82) is 0 Å². The van der Waals surface area contributed by atoms with E-state index in [0.29, 0.717) is 44.3 Å². The molecule has 45 heavy (non-hydrogen) atoms. The van der Waals surface area contributed by atoms with Crippen LogP contribution in [0.2, 0.25) is 0 Å². The lowest BCUT2D eigenvalue weighted by Crippen LogP contribution is -2.50. The number of ether oxygens (including phenoxy) is 1. The number of amides is 5. The zero-order chi connectivity index (χ0) is 31.4. The molecule has 5 amide bonds. The summed E-state index contributed by atoms with van der Waals surface area (Å²) in [5.74, 6) is -0.506. The molecule has 0 bridgehead atoms. The first kappa shape index (κ1) is 31.0. The summed E-state index contributed by atoms with van der Waals surface area (Å²) in [6.45, 7) is 5.87. The van der Waals surface area contributed by atoms with Crippen LogP contribution in [0.4, 0.5) is 19.7 Å². The quantitative estimate of drug-likeness (QED) is 0.506. The molecule has 0 radical (unpaired) electrons. The van der Waals surface area contributed by atoms with Gasteiger partial charge in [0, 0.05) is 64.3 Å². The number of carbonyl (C=O) groups is 4. The van der Waals surface area contributed by atoms with E-state index < -0.39 is 17.8 Å². The minimum atomic E-state index is -0.674. The second-order valence-corrected chi connectivity index (χ2v) is 13.0. The molecule has 1 aliphatic carbocycles. The van der Waals surface area contributed by atoms with Gasteiger partial charge in [0.15, 0.2) is 0 Å².